The van der Waals surface area contributed by atoms with Gasteiger partial charge in [-0.05, 0) is 59.2 Å². The van der Waals surface area contributed by atoms with E-state index in [4.69, 9.17) is 10.8 Å². The maximum absolute atomic E-state index is 12.5. The number of hydrazone groups is 1. The first-order chi connectivity index (χ1) is 22.3. The van der Waals surface area contributed by atoms with Crippen LogP contribution in [-0.2, 0) is 6.54 Å². The molecule has 1 amide bonds. The second kappa shape index (κ2) is 14.5. The first kappa shape index (κ1) is 31.2. The molecule has 0 bridgehead atoms. The van der Waals surface area contributed by atoms with E-state index in [1.54, 1.807) is 12.1 Å². The van der Waals surface area contributed by atoms with Gasteiger partial charge in [-0.15, -0.1) is 0 Å². The lowest BCUT2D eigenvalue weighted by molar-refractivity contribution is -0.394. The largest absolute Gasteiger partial charge is 0.326 e. The van der Waals surface area contributed by atoms with Crippen molar-refractivity contribution in [3.05, 3.63) is 176 Å². The summed E-state index contributed by atoms with van der Waals surface area (Å²) in [6.07, 6.45) is 0.784. The van der Waals surface area contributed by atoms with Crippen molar-refractivity contribution in [1.82, 2.24) is 0 Å². The molecule has 46 heavy (non-hydrogen) atoms. The van der Waals surface area contributed by atoms with Crippen LogP contribution in [0.2, 0.25) is 0 Å². The summed E-state index contributed by atoms with van der Waals surface area (Å²) in [7, 11) is 0. The van der Waals surface area contributed by atoms with E-state index in [0.717, 1.165) is 46.3 Å². The Morgan fingerprint density at radius 2 is 1.37 bits per heavy atom. The normalized spacial score (nSPS) is 13.6. The van der Waals surface area contributed by atoms with E-state index in [2.05, 4.69) is 58.9 Å². The lowest BCUT2D eigenvalue weighted by Crippen LogP contribution is -2.18. The van der Waals surface area contributed by atoms with Crippen molar-refractivity contribution in [3.63, 3.8) is 0 Å². The zero-order valence-corrected chi connectivity index (χ0v) is 24.6. The number of anilines is 2. The number of nitro benzene ring substituents is 2. The summed E-state index contributed by atoms with van der Waals surface area (Å²) >= 11 is 0. The van der Waals surface area contributed by atoms with Crippen LogP contribution >= 0.6 is 0 Å². The number of nitro groups is 2. The molecule has 0 saturated heterocycles. The number of nitrogens with two attached hydrogens (primary N) is 1. The van der Waals surface area contributed by atoms with Crippen molar-refractivity contribution in [2.24, 2.45) is 10.8 Å². The molecular weight excluding hydrogens is 584 g/mol. The smallest absolute Gasteiger partial charge is 0.276 e. The number of carbonyl (C=O) groups excluding carboxylic acids is 1. The predicted molar refractivity (Wildman–Crippen MR) is 178 cm³/mol. The summed E-state index contributed by atoms with van der Waals surface area (Å²) in [4.78, 5) is 31.5. The van der Waals surface area contributed by atoms with Gasteiger partial charge in [0.2, 0.25) is 0 Å². The highest BCUT2D eigenvalue weighted by Crippen LogP contribution is 2.37. The van der Waals surface area contributed by atoms with Crippen LogP contribution in [0.4, 0.5) is 22.7 Å². The van der Waals surface area contributed by atoms with Crippen LogP contribution in [0.5, 0.6) is 0 Å². The topological polar surface area (TPSA) is 157 Å². The summed E-state index contributed by atoms with van der Waals surface area (Å²) in [5.74, 6) is -0.119. The molecule has 3 N–H and O–H groups in total. The Hall–Kier alpha value is -6.20. The van der Waals surface area contributed by atoms with Gasteiger partial charge >= 0.3 is 0 Å². The van der Waals surface area contributed by atoms with Crippen molar-refractivity contribution in [3.8, 4) is 0 Å². The number of hydrogen-bond donors (Lipinski definition) is 2. The Morgan fingerprint density at radius 3 is 1.93 bits per heavy atom. The summed E-state index contributed by atoms with van der Waals surface area (Å²) in [5, 5.41) is 30.4. The molecule has 11 nitrogen and oxygen atoms in total. The highest BCUT2D eigenvalue weighted by atomic mass is 16.6. The van der Waals surface area contributed by atoms with Gasteiger partial charge in [0.1, 0.15) is 0 Å². The predicted octanol–water partition coefficient (Wildman–Crippen LogP) is 7.26. The zero-order valence-electron chi connectivity index (χ0n) is 24.6. The molecule has 1 atom stereocenters. The number of rotatable bonds is 8. The van der Waals surface area contributed by atoms with Crippen LogP contribution in [0.25, 0.3) is 0 Å². The minimum absolute atomic E-state index is 0.0606. The monoisotopic (exact) mass is 614 g/mol. The maximum Gasteiger partial charge on any atom is 0.276 e. The second-order valence-corrected chi connectivity index (χ2v) is 10.3. The molecule has 0 saturated carbocycles. The average molecular weight is 615 g/mol. The molecule has 5 aromatic rings. The highest BCUT2D eigenvalue weighted by molar-refractivity contribution is 6.04. The first-order valence-corrected chi connectivity index (χ1v) is 14.4. The molecule has 0 fully saturated rings. The van der Waals surface area contributed by atoms with Crippen LogP contribution < -0.4 is 16.1 Å². The minimum Gasteiger partial charge on any atom is -0.326 e. The van der Waals surface area contributed by atoms with Gasteiger partial charge in [-0.25, -0.2) is 0 Å². The van der Waals surface area contributed by atoms with Crippen LogP contribution in [0.1, 0.15) is 39.5 Å². The van der Waals surface area contributed by atoms with Crippen molar-refractivity contribution in [2.45, 2.75) is 19.0 Å². The van der Waals surface area contributed by atoms with Gasteiger partial charge in [-0.3, -0.25) is 30.0 Å². The fraction of sp³-hybridized carbons (Fsp3) is 0.0857. The number of amides is 1. The van der Waals surface area contributed by atoms with E-state index >= 15 is 0 Å². The van der Waals surface area contributed by atoms with Crippen molar-refractivity contribution in [1.29, 1.82) is 0 Å². The third-order valence-electron chi connectivity index (χ3n) is 7.29. The standard InChI is InChI=1S/C29H26N4O.C6H4N2O4/c30-20-21-11-13-22(14-12-21)27-19-28(33(32-27)26-9-5-2-6-10-26)23-15-17-25(18-16-23)31-29(34)24-7-3-1-4-8-24;9-7(10)5-2-1-3-6(4-5)8(11)12/h1-18,28H,19-20,30H2,(H,31,34);1-4H. The first-order valence-electron chi connectivity index (χ1n) is 14.4. The molecule has 230 valence electrons. The summed E-state index contributed by atoms with van der Waals surface area (Å²) in [6, 6.07) is 40.4. The van der Waals surface area contributed by atoms with Crippen molar-refractivity contribution in [2.75, 3.05) is 10.3 Å². The maximum atomic E-state index is 12.5. The molecular formula is C35H30N6O5. The third kappa shape index (κ3) is 7.65. The van der Waals surface area contributed by atoms with Crippen molar-refractivity contribution < 1.29 is 14.6 Å². The molecule has 0 aromatic heterocycles. The van der Waals surface area contributed by atoms with Gasteiger partial charge in [-0.1, -0.05) is 72.8 Å². The molecule has 11 heteroatoms. The van der Waals surface area contributed by atoms with E-state index < -0.39 is 9.85 Å². The van der Waals surface area contributed by atoms with E-state index in [-0.39, 0.29) is 23.3 Å². The fourth-order valence-electron chi connectivity index (χ4n) is 4.90. The molecule has 1 heterocycles. The number of carbonyl (C=O) groups is 1. The molecule has 1 unspecified atom stereocenters. The van der Waals surface area contributed by atoms with Crippen LogP contribution in [0.3, 0.4) is 0 Å². The minimum atomic E-state index is -0.674. The lowest BCUT2D eigenvalue weighted by Gasteiger charge is -2.24. The Bertz CT molecular complexity index is 1820. The van der Waals surface area contributed by atoms with Crippen LogP contribution in [0, 0.1) is 20.2 Å². The highest BCUT2D eigenvalue weighted by Gasteiger charge is 2.30. The Labute approximate surface area is 264 Å². The number of nitrogens with zero attached hydrogens (tertiary/aromatic N) is 4. The fourth-order valence-corrected chi connectivity index (χ4v) is 4.90. The summed E-state index contributed by atoms with van der Waals surface area (Å²) in [6.45, 7) is 0.526. The van der Waals surface area contributed by atoms with Gasteiger partial charge in [0.25, 0.3) is 17.3 Å². The molecule has 5 aromatic carbocycles. The number of hydrogen-bond acceptors (Lipinski definition) is 8. The van der Waals surface area contributed by atoms with Crippen LogP contribution in [-0.4, -0.2) is 21.5 Å². The summed E-state index contributed by atoms with van der Waals surface area (Å²) in [5.41, 5.74) is 12.0. The second-order valence-electron chi connectivity index (χ2n) is 10.3. The molecule has 1 aliphatic rings. The Kier molecular flexibility index (Phi) is 9.86. The van der Waals surface area contributed by atoms with Crippen LogP contribution in [0.15, 0.2) is 139 Å². The average Bonchev–Trinajstić information content (AvgIpc) is 3.55. The van der Waals surface area contributed by atoms with E-state index in [0.29, 0.717) is 12.1 Å². The zero-order chi connectivity index (χ0) is 32.5. The van der Waals surface area contributed by atoms with Gasteiger partial charge < -0.3 is 11.1 Å². The number of nitrogens with one attached hydrogen (secondary N) is 1. The number of para-hydroxylation sites is 1. The molecule has 0 radical (unpaired) electrons. The molecule has 0 spiro atoms. The molecule has 6 rings (SSSR count). The number of non-ortho nitro benzene ring substituents is 2. The Balaban J connectivity index is 0.000000293. The summed E-state index contributed by atoms with van der Waals surface area (Å²) < 4.78 is 0. The number of benzene rings is 5. The molecule has 1 aliphatic heterocycles. The van der Waals surface area contributed by atoms with Gasteiger partial charge in [0.05, 0.1) is 33.4 Å². The van der Waals surface area contributed by atoms with Crippen molar-refractivity contribution >= 4 is 34.4 Å². The third-order valence-corrected chi connectivity index (χ3v) is 7.29. The Morgan fingerprint density at radius 1 is 0.783 bits per heavy atom. The van der Waals surface area contributed by atoms with Gasteiger partial charge in [0.15, 0.2) is 0 Å². The quantitative estimate of drug-likeness (QED) is 0.138. The van der Waals surface area contributed by atoms with E-state index in [1.807, 2.05) is 48.5 Å². The lowest BCUT2D eigenvalue weighted by atomic mass is 9.97. The van der Waals surface area contributed by atoms with Gasteiger partial charge in [-0.2, -0.15) is 5.10 Å². The van der Waals surface area contributed by atoms with E-state index in [9.17, 15) is 25.0 Å². The molecule has 0 aliphatic carbocycles. The van der Waals surface area contributed by atoms with E-state index in [1.165, 1.54) is 18.2 Å². The van der Waals surface area contributed by atoms with Gasteiger partial charge in [0, 0.05) is 36.3 Å². The SMILES string of the molecule is NCc1ccc(C2=NN(c3ccccc3)C(c3ccc(NC(=O)c4ccccc4)cc3)C2)cc1.O=[N+]([O-])c1cccc([N+](=O)[O-])c1.